The lowest BCUT2D eigenvalue weighted by Gasteiger charge is -2.13. The second-order valence-corrected chi connectivity index (χ2v) is 6.02. The Morgan fingerprint density at radius 1 is 1.24 bits per heavy atom. The van der Waals surface area contributed by atoms with Crippen molar-refractivity contribution in [2.24, 2.45) is 0 Å². The topological polar surface area (TPSA) is 56.7 Å². The van der Waals surface area contributed by atoms with Crippen molar-refractivity contribution in [2.75, 3.05) is 5.73 Å². The fourth-order valence-electron chi connectivity index (χ4n) is 3.07. The van der Waals surface area contributed by atoms with E-state index in [4.69, 9.17) is 5.73 Å². The lowest BCUT2D eigenvalue weighted by Crippen LogP contribution is -2.07. The molecule has 0 amide bonds. The zero-order chi connectivity index (χ0) is 18.1. The van der Waals surface area contributed by atoms with Crippen molar-refractivity contribution >= 4 is 22.4 Å². The lowest BCUT2D eigenvalue weighted by molar-refractivity contribution is 0.214. The number of nitrogens with zero attached hydrogens (tertiary/aromatic N) is 3. The number of fused-ring (bicyclic) bond motifs is 1. The van der Waals surface area contributed by atoms with E-state index < -0.39 is 6.43 Å². The van der Waals surface area contributed by atoms with Crippen molar-refractivity contribution in [1.82, 2.24) is 14.5 Å². The minimum absolute atomic E-state index is 0.235. The van der Waals surface area contributed by atoms with Gasteiger partial charge in [-0.1, -0.05) is 43.3 Å². The third-order valence-corrected chi connectivity index (χ3v) is 4.22. The van der Waals surface area contributed by atoms with E-state index in [-0.39, 0.29) is 11.4 Å². The Morgan fingerprint density at radius 3 is 2.52 bits per heavy atom. The Kier molecular flexibility index (Phi) is 4.53. The molecule has 25 heavy (non-hydrogen) atoms. The molecule has 0 saturated heterocycles. The highest BCUT2D eigenvalue weighted by atomic mass is 19.3. The summed E-state index contributed by atoms with van der Waals surface area (Å²) in [6, 6.07) is 7.67. The van der Waals surface area contributed by atoms with Crippen LogP contribution in [0.15, 0.2) is 37.2 Å². The quantitative estimate of drug-likeness (QED) is 0.732. The van der Waals surface area contributed by atoms with Crippen LogP contribution < -0.4 is 5.73 Å². The number of halogens is 2. The summed E-state index contributed by atoms with van der Waals surface area (Å²) < 4.78 is 28.9. The van der Waals surface area contributed by atoms with Crippen molar-refractivity contribution in [3.63, 3.8) is 0 Å². The molecule has 1 aromatic carbocycles. The average molecular weight is 342 g/mol. The van der Waals surface area contributed by atoms with Gasteiger partial charge in [0.2, 0.25) is 0 Å². The fraction of sp³-hybridized carbons (Fsp3) is 0.263. The van der Waals surface area contributed by atoms with Crippen molar-refractivity contribution in [2.45, 2.75) is 33.2 Å². The number of benzene rings is 1. The van der Waals surface area contributed by atoms with Crippen LogP contribution in [0.4, 0.5) is 14.6 Å². The molecule has 2 aromatic heterocycles. The van der Waals surface area contributed by atoms with E-state index in [1.807, 2.05) is 38.1 Å². The lowest BCUT2D eigenvalue weighted by atomic mass is 9.98. The molecule has 4 nitrogen and oxygen atoms in total. The number of alkyl halides is 2. The van der Waals surface area contributed by atoms with Gasteiger partial charge < -0.3 is 10.3 Å². The second-order valence-electron chi connectivity index (χ2n) is 6.02. The molecule has 130 valence electrons. The van der Waals surface area contributed by atoms with Gasteiger partial charge in [-0.3, -0.25) is 0 Å². The molecule has 0 unspecified atom stereocenters. The molecule has 0 bridgehead atoms. The van der Waals surface area contributed by atoms with Gasteiger partial charge in [-0.2, -0.15) is 0 Å². The Balaban J connectivity index is 2.45. The van der Waals surface area contributed by atoms with Gasteiger partial charge in [0.05, 0.1) is 11.1 Å². The van der Waals surface area contributed by atoms with Crippen LogP contribution in [0.2, 0.25) is 0 Å². The zero-order valence-electron chi connectivity index (χ0n) is 14.3. The zero-order valence-corrected chi connectivity index (χ0v) is 14.3. The van der Waals surface area contributed by atoms with Crippen LogP contribution in [0.25, 0.3) is 27.7 Å². The summed E-state index contributed by atoms with van der Waals surface area (Å²) in [4.78, 5) is 8.38. The molecule has 6 heteroatoms. The van der Waals surface area contributed by atoms with Gasteiger partial charge in [-0.15, -0.1) is 0 Å². The molecule has 2 heterocycles. The second kappa shape index (κ2) is 6.63. The number of hydrogen-bond acceptors (Lipinski definition) is 3. The predicted molar refractivity (Wildman–Crippen MR) is 97.4 cm³/mol. The van der Waals surface area contributed by atoms with Gasteiger partial charge in [0.25, 0.3) is 6.43 Å². The fourth-order valence-corrected chi connectivity index (χ4v) is 3.07. The molecular weight excluding hydrogens is 322 g/mol. The van der Waals surface area contributed by atoms with Crippen molar-refractivity contribution in [3.8, 4) is 11.1 Å². The van der Waals surface area contributed by atoms with E-state index in [0.717, 1.165) is 17.5 Å². The van der Waals surface area contributed by atoms with Crippen LogP contribution >= 0.6 is 0 Å². The maximum Gasteiger partial charge on any atom is 0.265 e. The number of nitrogens with two attached hydrogens (primary N) is 1. The van der Waals surface area contributed by atoms with Crippen LogP contribution in [0, 0.1) is 6.92 Å². The van der Waals surface area contributed by atoms with E-state index in [9.17, 15) is 8.78 Å². The van der Waals surface area contributed by atoms with Crippen LogP contribution in [-0.2, 0) is 6.54 Å². The van der Waals surface area contributed by atoms with E-state index >= 15 is 0 Å². The summed E-state index contributed by atoms with van der Waals surface area (Å²) in [5.74, 6) is 0.277. The molecule has 0 spiro atoms. The summed E-state index contributed by atoms with van der Waals surface area (Å²) in [5.41, 5.74) is 9.29. The number of aromatic nitrogens is 3. The minimum atomic E-state index is -2.67. The van der Waals surface area contributed by atoms with Gasteiger partial charge in [-0.05, 0) is 18.9 Å². The Labute approximate surface area is 145 Å². The van der Waals surface area contributed by atoms with Gasteiger partial charge in [-0.25, -0.2) is 18.7 Å². The summed E-state index contributed by atoms with van der Waals surface area (Å²) in [5, 5.41) is 0.594. The van der Waals surface area contributed by atoms with Gasteiger partial charge in [0.1, 0.15) is 17.8 Å². The highest BCUT2D eigenvalue weighted by molar-refractivity contribution is 6.05. The van der Waals surface area contributed by atoms with Crippen LogP contribution in [0.5, 0.6) is 0 Å². The van der Waals surface area contributed by atoms with Crippen LogP contribution in [-0.4, -0.2) is 21.0 Å². The first-order valence-corrected chi connectivity index (χ1v) is 8.12. The normalized spacial score (nSPS) is 11.4. The van der Waals surface area contributed by atoms with E-state index in [0.29, 0.717) is 28.8 Å². The summed E-state index contributed by atoms with van der Waals surface area (Å²) >= 11 is 0. The number of anilines is 1. The van der Waals surface area contributed by atoms with Crippen molar-refractivity contribution in [3.05, 3.63) is 48.4 Å². The third-order valence-electron chi connectivity index (χ3n) is 4.22. The van der Waals surface area contributed by atoms with E-state index in [1.54, 1.807) is 4.57 Å². The van der Waals surface area contributed by atoms with Crippen LogP contribution in [0.1, 0.15) is 24.6 Å². The largest absolute Gasteiger partial charge is 0.383 e. The summed E-state index contributed by atoms with van der Waals surface area (Å²) in [6.07, 6.45) is -0.541. The predicted octanol–water partition coefficient (Wildman–Crippen LogP) is 4.68. The molecule has 0 radical (unpaired) electrons. The van der Waals surface area contributed by atoms with Gasteiger partial charge >= 0.3 is 0 Å². The molecule has 0 aliphatic carbocycles. The number of allylic oxidation sites excluding steroid dienone is 1. The SMILES string of the molecule is C=C(c1c(-c2ccc(C)cc2)c2c(N)ncnc2n1CCC)C(F)F. The molecule has 3 aromatic rings. The number of aryl methyl sites for hydroxylation is 2. The number of hydrogen-bond donors (Lipinski definition) is 1. The first kappa shape index (κ1) is 17.1. The standard InChI is InChI=1S/C19H20F2N4/c1-4-9-25-16(12(3)17(20)21)14(13-7-5-11(2)6-8-13)15-18(22)23-10-24-19(15)25/h5-8,10,17H,3-4,9H2,1-2H3,(H2,22,23,24). The molecule has 2 N–H and O–H groups in total. The average Bonchev–Trinajstić information content (AvgIpc) is 2.91. The molecule has 0 aliphatic heterocycles. The Morgan fingerprint density at radius 2 is 1.92 bits per heavy atom. The molecule has 0 saturated carbocycles. The highest BCUT2D eigenvalue weighted by Gasteiger charge is 2.26. The molecule has 0 aliphatic rings. The summed E-state index contributed by atoms with van der Waals surface area (Å²) in [6.45, 7) is 8.13. The number of rotatable bonds is 5. The maximum atomic E-state index is 13.5. The molecule has 3 rings (SSSR count). The Bertz CT molecular complexity index is 927. The maximum absolute atomic E-state index is 13.5. The molecule has 0 fully saturated rings. The smallest absolute Gasteiger partial charge is 0.265 e. The summed E-state index contributed by atoms with van der Waals surface area (Å²) in [7, 11) is 0. The Hall–Kier alpha value is -2.76. The van der Waals surface area contributed by atoms with Gasteiger partial charge in [0.15, 0.2) is 0 Å². The monoisotopic (exact) mass is 342 g/mol. The van der Waals surface area contributed by atoms with Crippen molar-refractivity contribution < 1.29 is 8.78 Å². The van der Waals surface area contributed by atoms with Gasteiger partial charge in [0, 0.05) is 17.7 Å². The van der Waals surface area contributed by atoms with E-state index in [2.05, 4.69) is 16.5 Å². The molecular formula is C19H20F2N4. The third kappa shape index (κ3) is 2.88. The minimum Gasteiger partial charge on any atom is -0.383 e. The first-order valence-electron chi connectivity index (χ1n) is 8.12. The molecule has 0 atom stereocenters. The van der Waals surface area contributed by atoms with Crippen molar-refractivity contribution in [1.29, 1.82) is 0 Å². The number of nitrogen functional groups attached to an aromatic ring is 1. The highest BCUT2D eigenvalue weighted by Crippen LogP contribution is 2.41. The van der Waals surface area contributed by atoms with Crippen LogP contribution in [0.3, 0.4) is 0 Å². The van der Waals surface area contributed by atoms with E-state index in [1.165, 1.54) is 6.33 Å². The first-order chi connectivity index (χ1) is 12.0.